The lowest BCUT2D eigenvalue weighted by Crippen LogP contribution is -2.45. The van der Waals surface area contributed by atoms with Crippen LogP contribution < -0.4 is 15.2 Å². The van der Waals surface area contributed by atoms with E-state index in [9.17, 15) is 4.79 Å². The number of amides is 1. The quantitative estimate of drug-likeness (QED) is 0.317. The first-order valence-electron chi connectivity index (χ1n) is 12.3. The number of hydrogen-bond acceptors (Lipinski definition) is 5. The van der Waals surface area contributed by atoms with Crippen LogP contribution in [0.5, 0.6) is 11.5 Å². The molecule has 0 unspecified atom stereocenters. The van der Waals surface area contributed by atoms with Crippen LogP contribution in [-0.2, 0) is 4.43 Å². The molecule has 2 aromatic carbocycles. The van der Waals surface area contributed by atoms with Crippen LogP contribution in [0.3, 0.4) is 0 Å². The van der Waals surface area contributed by atoms with E-state index in [0.717, 1.165) is 22.6 Å². The second kappa shape index (κ2) is 11.3. The van der Waals surface area contributed by atoms with Gasteiger partial charge in [-0.3, -0.25) is 4.79 Å². The van der Waals surface area contributed by atoms with Crippen molar-refractivity contribution in [3.63, 3.8) is 0 Å². The summed E-state index contributed by atoms with van der Waals surface area (Å²) in [5.74, 6) is 1.07. The van der Waals surface area contributed by atoms with Gasteiger partial charge < -0.3 is 24.2 Å². The molecule has 36 heavy (non-hydrogen) atoms. The first kappa shape index (κ1) is 27.5. The van der Waals surface area contributed by atoms with Gasteiger partial charge in [0.15, 0.2) is 8.32 Å². The number of primary amides is 1. The molecule has 3 rings (SSSR count). The monoisotopic (exact) mass is 509 g/mol. The zero-order chi connectivity index (χ0) is 26.5. The maximum absolute atomic E-state index is 11.6. The highest BCUT2D eigenvalue weighted by molar-refractivity contribution is 6.74. The Balaban J connectivity index is 1.74. The molecule has 0 radical (unpaired) electrons. The van der Waals surface area contributed by atoms with E-state index in [1.54, 1.807) is 19.6 Å². The average Bonchev–Trinajstić information content (AvgIpc) is 3.31. The van der Waals surface area contributed by atoms with Crippen molar-refractivity contribution in [3.05, 3.63) is 66.7 Å². The van der Waals surface area contributed by atoms with Gasteiger partial charge in [0.1, 0.15) is 17.2 Å². The number of benzene rings is 2. The van der Waals surface area contributed by atoms with E-state index in [1.165, 1.54) is 0 Å². The highest BCUT2D eigenvalue weighted by Crippen LogP contribution is 2.39. The number of imidazole rings is 1. The molecule has 194 valence electrons. The van der Waals surface area contributed by atoms with Crippen molar-refractivity contribution < 1.29 is 18.7 Å². The number of carbonyl (C=O) groups is 1. The predicted octanol–water partition coefficient (Wildman–Crippen LogP) is 6.08. The SMILES string of the molecule is COc1ccc(-c2cccc(OCC[C@H]([C@H](C)O[Si](C)(C)C(C)(C)C)n3cnc(C(N)=O)c3)c2)cc1. The third-order valence-electron chi connectivity index (χ3n) is 7.01. The van der Waals surface area contributed by atoms with Crippen molar-refractivity contribution >= 4 is 14.2 Å². The molecule has 8 heteroatoms. The summed E-state index contributed by atoms with van der Waals surface area (Å²) in [6.45, 7) is 13.7. The van der Waals surface area contributed by atoms with Crippen molar-refractivity contribution in [2.45, 2.75) is 64.4 Å². The highest BCUT2D eigenvalue weighted by Gasteiger charge is 2.40. The molecule has 2 N–H and O–H groups in total. The maximum atomic E-state index is 11.6. The summed E-state index contributed by atoms with van der Waals surface area (Å²) in [6, 6.07) is 15.9. The highest BCUT2D eigenvalue weighted by atomic mass is 28.4. The molecule has 0 bridgehead atoms. The Morgan fingerprint density at radius 3 is 2.36 bits per heavy atom. The maximum Gasteiger partial charge on any atom is 0.268 e. The van der Waals surface area contributed by atoms with E-state index in [2.05, 4.69) is 51.8 Å². The molecule has 0 aliphatic carbocycles. The lowest BCUT2D eigenvalue weighted by Gasteiger charge is -2.40. The number of aromatic nitrogens is 2. The minimum atomic E-state index is -2.01. The van der Waals surface area contributed by atoms with Gasteiger partial charge in [0.2, 0.25) is 0 Å². The molecule has 0 aliphatic heterocycles. The Hall–Kier alpha value is -3.10. The summed E-state index contributed by atoms with van der Waals surface area (Å²) < 4.78 is 20.1. The molecular formula is C28H39N3O4Si. The molecule has 0 spiro atoms. The number of nitrogens with zero attached hydrogens (tertiary/aromatic N) is 2. The van der Waals surface area contributed by atoms with Crippen LogP contribution in [0.15, 0.2) is 61.1 Å². The third-order valence-corrected chi connectivity index (χ3v) is 11.6. The van der Waals surface area contributed by atoms with Gasteiger partial charge in [-0.05, 0) is 60.4 Å². The van der Waals surface area contributed by atoms with Gasteiger partial charge in [0.05, 0.1) is 32.2 Å². The number of nitrogens with two attached hydrogens (primary N) is 1. The molecule has 0 saturated heterocycles. The number of rotatable bonds is 11. The minimum absolute atomic E-state index is 0.0653. The fourth-order valence-electron chi connectivity index (χ4n) is 3.84. The van der Waals surface area contributed by atoms with Crippen LogP contribution in [0, 0.1) is 0 Å². The van der Waals surface area contributed by atoms with Crippen molar-refractivity contribution in [1.29, 1.82) is 0 Å². The summed E-state index contributed by atoms with van der Waals surface area (Å²) in [6.07, 6.45) is 3.93. The topological polar surface area (TPSA) is 88.6 Å². The number of carbonyl (C=O) groups excluding carboxylic acids is 1. The molecule has 1 amide bonds. The summed E-state index contributed by atoms with van der Waals surface area (Å²) in [4.78, 5) is 15.8. The van der Waals surface area contributed by atoms with Gasteiger partial charge in [-0.2, -0.15) is 0 Å². The molecule has 2 atom stereocenters. The van der Waals surface area contributed by atoms with Gasteiger partial charge in [-0.15, -0.1) is 0 Å². The van der Waals surface area contributed by atoms with Crippen LogP contribution in [0.25, 0.3) is 11.1 Å². The summed E-state index contributed by atoms with van der Waals surface area (Å²) in [5.41, 5.74) is 7.85. The van der Waals surface area contributed by atoms with Crippen molar-refractivity contribution in [2.75, 3.05) is 13.7 Å². The van der Waals surface area contributed by atoms with Gasteiger partial charge >= 0.3 is 0 Å². The molecular weight excluding hydrogens is 470 g/mol. The van der Waals surface area contributed by atoms with Crippen LogP contribution in [0.2, 0.25) is 18.1 Å². The number of methoxy groups -OCH3 is 1. The number of hydrogen-bond donors (Lipinski definition) is 1. The van der Waals surface area contributed by atoms with E-state index in [0.29, 0.717) is 13.0 Å². The molecule has 0 aliphatic rings. The van der Waals surface area contributed by atoms with Crippen molar-refractivity contribution in [3.8, 4) is 22.6 Å². The zero-order valence-electron chi connectivity index (χ0n) is 22.4. The van der Waals surface area contributed by atoms with Gasteiger partial charge in [-0.25, -0.2) is 4.98 Å². The fraction of sp³-hybridized carbons (Fsp3) is 0.429. The van der Waals surface area contributed by atoms with Crippen LogP contribution in [0.4, 0.5) is 0 Å². The Morgan fingerprint density at radius 1 is 1.08 bits per heavy atom. The van der Waals surface area contributed by atoms with E-state index >= 15 is 0 Å². The average molecular weight is 510 g/mol. The Kier molecular flexibility index (Phi) is 8.63. The summed E-state index contributed by atoms with van der Waals surface area (Å²) >= 11 is 0. The molecule has 7 nitrogen and oxygen atoms in total. The Bertz CT molecular complexity index is 1150. The van der Waals surface area contributed by atoms with E-state index in [4.69, 9.17) is 19.6 Å². The first-order valence-corrected chi connectivity index (χ1v) is 15.2. The molecule has 3 aromatic rings. The van der Waals surface area contributed by atoms with Gasteiger partial charge in [0, 0.05) is 12.6 Å². The molecule has 0 fully saturated rings. The van der Waals surface area contributed by atoms with E-state index in [1.807, 2.05) is 47.0 Å². The zero-order valence-corrected chi connectivity index (χ0v) is 23.4. The van der Waals surface area contributed by atoms with Crippen molar-refractivity contribution in [2.24, 2.45) is 5.73 Å². The lowest BCUT2D eigenvalue weighted by atomic mass is 10.1. The molecule has 1 aromatic heterocycles. The second-order valence-electron chi connectivity index (χ2n) is 10.6. The van der Waals surface area contributed by atoms with E-state index in [-0.39, 0.29) is 22.9 Å². The minimum Gasteiger partial charge on any atom is -0.497 e. The largest absolute Gasteiger partial charge is 0.497 e. The third kappa shape index (κ3) is 6.76. The van der Waals surface area contributed by atoms with E-state index < -0.39 is 14.2 Å². The summed E-state index contributed by atoms with van der Waals surface area (Å²) in [5, 5.41) is 0.0809. The molecule has 1 heterocycles. The van der Waals surface area contributed by atoms with Crippen LogP contribution in [0.1, 0.15) is 50.6 Å². The Morgan fingerprint density at radius 2 is 1.78 bits per heavy atom. The first-order chi connectivity index (χ1) is 16.9. The second-order valence-corrected chi connectivity index (χ2v) is 15.4. The number of ether oxygens (including phenoxy) is 2. The lowest BCUT2D eigenvalue weighted by molar-refractivity contribution is 0.0994. The van der Waals surface area contributed by atoms with Crippen LogP contribution >= 0.6 is 0 Å². The summed E-state index contributed by atoms with van der Waals surface area (Å²) in [7, 11) is -0.349. The fourth-order valence-corrected chi connectivity index (χ4v) is 5.28. The predicted molar refractivity (Wildman–Crippen MR) is 146 cm³/mol. The standard InChI is InChI=1S/C28H39N3O4Si/c1-20(35-36(6,7)28(2,3)4)26(31-18-25(27(29)32)30-19-31)15-16-34-24-10-8-9-22(17-24)21-11-13-23(33-5)14-12-21/h8-14,17-20,26H,15-16H2,1-7H3,(H2,29,32)/t20-,26+/m0/s1. The smallest absolute Gasteiger partial charge is 0.268 e. The van der Waals surface area contributed by atoms with Crippen LogP contribution in [-0.4, -0.2) is 43.6 Å². The van der Waals surface area contributed by atoms with Gasteiger partial charge in [-0.1, -0.05) is 45.0 Å². The van der Waals surface area contributed by atoms with Crippen molar-refractivity contribution in [1.82, 2.24) is 9.55 Å². The Labute approximate surface area is 215 Å². The van der Waals surface area contributed by atoms with Gasteiger partial charge in [0.25, 0.3) is 5.91 Å². The normalized spacial score (nSPS) is 13.8. The molecule has 0 saturated carbocycles.